The number of benzene rings is 1. The van der Waals surface area contributed by atoms with E-state index in [1.807, 2.05) is 6.07 Å². The van der Waals surface area contributed by atoms with Crippen molar-refractivity contribution >= 4 is 18.3 Å². The molecular weight excluding hydrogens is 388 g/mol. The predicted octanol–water partition coefficient (Wildman–Crippen LogP) is 2.39. The molecule has 1 aromatic carbocycles. The number of amides is 1. The van der Waals surface area contributed by atoms with E-state index in [2.05, 4.69) is 15.3 Å². The number of aromatic nitrogens is 2. The van der Waals surface area contributed by atoms with Gasteiger partial charge < -0.3 is 11.1 Å². The fraction of sp³-hybridized carbons (Fsp3) is 0.474. The molecule has 6 nitrogen and oxygen atoms in total. The predicted molar refractivity (Wildman–Crippen MR) is 105 cm³/mol. The number of carbonyl (C=O) groups excluding carboxylic acids is 1. The third kappa shape index (κ3) is 5.73. The van der Waals surface area contributed by atoms with Crippen LogP contribution in [0, 0.1) is 11.6 Å². The molecule has 1 aliphatic rings. The van der Waals surface area contributed by atoms with Crippen molar-refractivity contribution < 1.29 is 13.6 Å². The van der Waals surface area contributed by atoms with Gasteiger partial charge in [-0.1, -0.05) is 6.42 Å². The molecule has 0 aliphatic carbocycles. The molecule has 1 saturated heterocycles. The smallest absolute Gasteiger partial charge is 0.221 e. The molecule has 28 heavy (non-hydrogen) atoms. The number of likely N-dealkylation sites (tertiary alicyclic amines) is 1. The maximum atomic E-state index is 13.9. The van der Waals surface area contributed by atoms with Gasteiger partial charge in [0.2, 0.25) is 5.91 Å². The number of carbonyl (C=O) groups is 1. The van der Waals surface area contributed by atoms with Crippen LogP contribution in [0.2, 0.25) is 0 Å². The zero-order chi connectivity index (χ0) is 19.2. The van der Waals surface area contributed by atoms with Gasteiger partial charge in [0.1, 0.15) is 11.5 Å². The summed E-state index contributed by atoms with van der Waals surface area (Å²) in [4.78, 5) is 14.0. The summed E-state index contributed by atoms with van der Waals surface area (Å²) in [6.07, 6.45) is 5.24. The fourth-order valence-corrected chi connectivity index (χ4v) is 3.41. The van der Waals surface area contributed by atoms with Crippen LogP contribution in [0.3, 0.4) is 0 Å². The Labute approximate surface area is 169 Å². The Kier molecular flexibility index (Phi) is 8.35. The van der Waals surface area contributed by atoms with E-state index in [1.165, 1.54) is 16.8 Å². The Hall–Kier alpha value is -2.03. The van der Waals surface area contributed by atoms with E-state index < -0.39 is 11.6 Å². The van der Waals surface area contributed by atoms with Gasteiger partial charge in [0, 0.05) is 44.4 Å². The lowest BCUT2D eigenvalue weighted by Crippen LogP contribution is -2.46. The number of hydrogen-bond donors (Lipinski definition) is 2. The van der Waals surface area contributed by atoms with Crippen LogP contribution in [0.1, 0.15) is 31.4 Å². The Balaban J connectivity index is 0.00000280. The summed E-state index contributed by atoms with van der Waals surface area (Å²) in [5.41, 5.74) is 6.43. The average Bonchev–Trinajstić information content (AvgIpc) is 3.09. The first-order chi connectivity index (χ1) is 13.1. The molecule has 3 N–H and O–H groups in total. The second-order valence-electron chi connectivity index (χ2n) is 6.81. The maximum Gasteiger partial charge on any atom is 0.221 e. The monoisotopic (exact) mass is 413 g/mol. The van der Waals surface area contributed by atoms with Gasteiger partial charge in [-0.2, -0.15) is 5.10 Å². The molecular formula is C19H26ClF2N5O. The van der Waals surface area contributed by atoms with E-state index in [0.717, 1.165) is 37.6 Å². The zero-order valence-corrected chi connectivity index (χ0v) is 16.4. The van der Waals surface area contributed by atoms with Crippen molar-refractivity contribution in [2.24, 2.45) is 5.73 Å². The third-order valence-electron chi connectivity index (χ3n) is 4.82. The molecule has 154 valence electrons. The lowest BCUT2D eigenvalue weighted by Gasteiger charge is -2.35. The second-order valence-corrected chi connectivity index (χ2v) is 6.81. The largest absolute Gasteiger partial charge is 0.354 e. The van der Waals surface area contributed by atoms with Crippen LogP contribution in [0.25, 0.3) is 5.69 Å². The number of nitrogens with zero attached hydrogens (tertiary/aromatic N) is 3. The Morgan fingerprint density at radius 3 is 2.86 bits per heavy atom. The zero-order valence-electron chi connectivity index (χ0n) is 15.6. The molecule has 2 heterocycles. The van der Waals surface area contributed by atoms with Gasteiger partial charge in [-0.3, -0.25) is 9.69 Å². The van der Waals surface area contributed by atoms with Crippen molar-refractivity contribution in [2.75, 3.05) is 19.6 Å². The highest BCUT2D eigenvalue weighted by Gasteiger charge is 2.23. The van der Waals surface area contributed by atoms with Crippen LogP contribution < -0.4 is 11.1 Å². The van der Waals surface area contributed by atoms with Crippen molar-refractivity contribution in [2.45, 2.75) is 38.3 Å². The van der Waals surface area contributed by atoms with Gasteiger partial charge in [-0.05, 0) is 37.6 Å². The molecule has 1 aromatic heterocycles. The lowest BCUT2D eigenvalue weighted by molar-refractivity contribution is -0.121. The van der Waals surface area contributed by atoms with Gasteiger partial charge in [0.05, 0.1) is 5.69 Å². The van der Waals surface area contributed by atoms with Crippen LogP contribution in [-0.2, 0) is 11.3 Å². The van der Waals surface area contributed by atoms with E-state index >= 15 is 0 Å². The molecule has 2 aromatic rings. The van der Waals surface area contributed by atoms with Crippen molar-refractivity contribution in [1.29, 1.82) is 0 Å². The highest BCUT2D eigenvalue weighted by molar-refractivity contribution is 5.85. The minimum absolute atomic E-state index is 0. The standard InChI is InChI=1S/C19H25F2N5O.ClH/c20-14-4-5-18(17(21)11-14)26-10-7-15(24-26)13-25-9-2-1-3-16(25)12-23-19(27)6-8-22;/h4-5,7,10-11,16H,1-3,6,8-9,12-13,22H2,(H,23,27);1H. The topological polar surface area (TPSA) is 76.2 Å². The van der Waals surface area contributed by atoms with Crippen molar-refractivity contribution in [3.63, 3.8) is 0 Å². The van der Waals surface area contributed by atoms with Gasteiger partial charge in [0.25, 0.3) is 0 Å². The number of halogens is 3. The number of hydrogen-bond acceptors (Lipinski definition) is 4. The molecule has 0 saturated carbocycles. The molecule has 1 aliphatic heterocycles. The van der Waals surface area contributed by atoms with E-state index in [9.17, 15) is 13.6 Å². The number of piperidine rings is 1. The van der Waals surface area contributed by atoms with Crippen LogP contribution in [0.15, 0.2) is 30.5 Å². The SMILES string of the molecule is Cl.NCCC(=O)NCC1CCCCN1Cc1ccn(-c2ccc(F)cc2F)n1. The molecule has 3 rings (SSSR count). The van der Waals surface area contributed by atoms with Crippen LogP contribution in [0.5, 0.6) is 0 Å². The van der Waals surface area contributed by atoms with Gasteiger partial charge in [0.15, 0.2) is 5.82 Å². The first kappa shape index (κ1) is 22.3. The molecule has 0 spiro atoms. The summed E-state index contributed by atoms with van der Waals surface area (Å²) < 4.78 is 28.5. The van der Waals surface area contributed by atoms with E-state index in [4.69, 9.17) is 5.73 Å². The number of nitrogens with two attached hydrogens (primary N) is 1. The van der Waals surface area contributed by atoms with Crippen molar-refractivity contribution in [3.05, 3.63) is 47.8 Å². The summed E-state index contributed by atoms with van der Waals surface area (Å²) in [6, 6.07) is 5.51. The molecule has 1 atom stereocenters. The Bertz CT molecular complexity index is 785. The quantitative estimate of drug-likeness (QED) is 0.730. The maximum absolute atomic E-state index is 13.9. The highest BCUT2D eigenvalue weighted by atomic mass is 35.5. The van der Waals surface area contributed by atoms with Crippen molar-refractivity contribution in [3.8, 4) is 5.69 Å². The van der Waals surface area contributed by atoms with Crippen LogP contribution in [0.4, 0.5) is 8.78 Å². The van der Waals surface area contributed by atoms with E-state index in [1.54, 1.807) is 6.20 Å². The van der Waals surface area contributed by atoms with Crippen LogP contribution in [-0.4, -0.2) is 46.3 Å². The molecule has 9 heteroatoms. The van der Waals surface area contributed by atoms with Crippen LogP contribution >= 0.6 is 12.4 Å². The minimum atomic E-state index is -0.650. The second kappa shape index (κ2) is 10.5. The molecule has 0 radical (unpaired) electrons. The average molecular weight is 414 g/mol. The summed E-state index contributed by atoms with van der Waals surface area (Å²) >= 11 is 0. The summed E-state index contributed by atoms with van der Waals surface area (Å²) in [5, 5.41) is 7.37. The van der Waals surface area contributed by atoms with Gasteiger partial charge >= 0.3 is 0 Å². The molecule has 1 fully saturated rings. The van der Waals surface area contributed by atoms with Gasteiger partial charge in [-0.25, -0.2) is 13.5 Å². The number of nitrogens with one attached hydrogen (secondary N) is 1. The lowest BCUT2D eigenvalue weighted by atomic mass is 10.0. The minimum Gasteiger partial charge on any atom is -0.354 e. The summed E-state index contributed by atoms with van der Waals surface area (Å²) in [7, 11) is 0. The van der Waals surface area contributed by atoms with E-state index in [0.29, 0.717) is 26.1 Å². The Morgan fingerprint density at radius 2 is 2.11 bits per heavy atom. The normalized spacial score (nSPS) is 17.2. The molecule has 0 bridgehead atoms. The number of rotatable bonds is 7. The van der Waals surface area contributed by atoms with Crippen molar-refractivity contribution in [1.82, 2.24) is 20.0 Å². The summed E-state index contributed by atoms with van der Waals surface area (Å²) in [6.45, 7) is 2.48. The first-order valence-electron chi connectivity index (χ1n) is 9.27. The molecule has 1 unspecified atom stereocenters. The van der Waals surface area contributed by atoms with E-state index in [-0.39, 0.29) is 30.0 Å². The fourth-order valence-electron chi connectivity index (χ4n) is 3.41. The first-order valence-corrected chi connectivity index (χ1v) is 9.27. The summed E-state index contributed by atoms with van der Waals surface area (Å²) in [5.74, 6) is -1.29. The van der Waals surface area contributed by atoms with Gasteiger partial charge in [-0.15, -0.1) is 12.4 Å². The molecule has 1 amide bonds. The Morgan fingerprint density at radius 1 is 1.29 bits per heavy atom. The highest BCUT2D eigenvalue weighted by Crippen LogP contribution is 2.20. The third-order valence-corrected chi connectivity index (χ3v) is 4.82.